The van der Waals surface area contributed by atoms with E-state index in [2.05, 4.69) is 5.32 Å². The van der Waals surface area contributed by atoms with Gasteiger partial charge in [0.25, 0.3) is 5.91 Å². The summed E-state index contributed by atoms with van der Waals surface area (Å²) in [6, 6.07) is 7.04. The minimum atomic E-state index is -0.468. The van der Waals surface area contributed by atoms with Crippen LogP contribution in [0, 0.1) is 0 Å². The minimum absolute atomic E-state index is 0.0910. The molecule has 1 amide bonds. The van der Waals surface area contributed by atoms with Crippen LogP contribution in [-0.2, 0) is 15.9 Å². The van der Waals surface area contributed by atoms with Gasteiger partial charge < -0.3 is 15.2 Å². The molecule has 5 heteroatoms. The first-order valence-corrected chi connectivity index (χ1v) is 6.11. The fraction of sp³-hybridized carbons (Fsp3) is 0.357. The van der Waals surface area contributed by atoms with Crippen LogP contribution in [0.25, 0.3) is 5.76 Å². The van der Waals surface area contributed by atoms with E-state index in [1.165, 1.54) is 7.05 Å². The Bertz CT molecular complexity index is 483. The number of likely N-dealkylation sites (N-methyl/N-ethyl adjacent to an activating group) is 1. The predicted octanol–water partition coefficient (Wildman–Crippen LogP) is 1.75. The van der Waals surface area contributed by atoms with Crippen LogP contribution in [0.2, 0.25) is 0 Å². The number of ether oxygens (including phenoxy) is 1. The highest BCUT2D eigenvalue weighted by molar-refractivity contribution is 6.08. The van der Waals surface area contributed by atoms with Gasteiger partial charge in [0.05, 0.1) is 14.0 Å². The van der Waals surface area contributed by atoms with Gasteiger partial charge in [-0.3, -0.25) is 4.79 Å². The normalized spacial score (nSPS) is 12.0. The van der Waals surface area contributed by atoms with Gasteiger partial charge in [0.15, 0.2) is 5.76 Å². The molecule has 0 heterocycles. The zero-order valence-corrected chi connectivity index (χ0v) is 11.4. The SMILES string of the molecule is [B]Cc1cccc(/C(O)=C(/OC(C)C)C(=O)NC)c1. The first kappa shape index (κ1) is 15.2. The monoisotopic (exact) mass is 259 g/mol. The highest BCUT2D eigenvalue weighted by Crippen LogP contribution is 2.19. The summed E-state index contributed by atoms with van der Waals surface area (Å²) in [5.74, 6) is -0.751. The molecule has 0 aliphatic carbocycles. The second-order valence-corrected chi connectivity index (χ2v) is 4.33. The highest BCUT2D eigenvalue weighted by Gasteiger charge is 2.18. The first-order valence-electron chi connectivity index (χ1n) is 6.11. The molecular weight excluding hydrogens is 241 g/mol. The summed E-state index contributed by atoms with van der Waals surface area (Å²) >= 11 is 0. The molecule has 0 aliphatic rings. The summed E-state index contributed by atoms with van der Waals surface area (Å²) in [5, 5.41) is 12.6. The van der Waals surface area contributed by atoms with E-state index in [9.17, 15) is 9.90 Å². The maximum absolute atomic E-state index is 11.7. The molecule has 0 saturated carbocycles. The molecule has 19 heavy (non-hydrogen) atoms. The van der Waals surface area contributed by atoms with Crippen molar-refractivity contribution in [1.29, 1.82) is 0 Å². The third kappa shape index (κ3) is 4.05. The van der Waals surface area contributed by atoms with E-state index in [0.29, 0.717) is 11.9 Å². The summed E-state index contributed by atoms with van der Waals surface area (Å²) < 4.78 is 5.38. The number of rotatable bonds is 5. The molecule has 2 radical (unpaired) electrons. The van der Waals surface area contributed by atoms with Gasteiger partial charge in [-0.25, -0.2) is 0 Å². The number of amides is 1. The molecular formula is C14H18BNO3. The standard InChI is InChI=1S/C14H18BNO3/c1-9(2)19-13(14(18)16-3)12(17)11-6-4-5-10(7-11)8-15/h4-7,9,17H,8H2,1-3H3,(H,16,18)/b13-12-. The molecule has 0 aromatic heterocycles. The topological polar surface area (TPSA) is 58.6 Å². The smallest absolute Gasteiger partial charge is 0.290 e. The maximum Gasteiger partial charge on any atom is 0.290 e. The van der Waals surface area contributed by atoms with Gasteiger partial charge in [-0.2, -0.15) is 0 Å². The fourth-order valence-electron chi connectivity index (χ4n) is 1.54. The molecule has 0 fully saturated rings. The van der Waals surface area contributed by atoms with Crippen molar-refractivity contribution < 1.29 is 14.6 Å². The van der Waals surface area contributed by atoms with Crippen molar-refractivity contribution in [3.63, 3.8) is 0 Å². The Balaban J connectivity index is 3.22. The number of aliphatic hydroxyl groups is 1. The van der Waals surface area contributed by atoms with Crippen molar-refractivity contribution in [2.24, 2.45) is 0 Å². The fourth-order valence-corrected chi connectivity index (χ4v) is 1.54. The average molecular weight is 259 g/mol. The van der Waals surface area contributed by atoms with Crippen LogP contribution in [0.15, 0.2) is 30.0 Å². The van der Waals surface area contributed by atoms with Crippen LogP contribution >= 0.6 is 0 Å². The molecule has 0 unspecified atom stereocenters. The molecule has 0 spiro atoms. The molecule has 4 nitrogen and oxygen atoms in total. The number of hydrogen-bond acceptors (Lipinski definition) is 3. The number of benzene rings is 1. The maximum atomic E-state index is 11.7. The average Bonchev–Trinajstić information content (AvgIpc) is 2.43. The highest BCUT2D eigenvalue weighted by atomic mass is 16.5. The van der Waals surface area contributed by atoms with Gasteiger partial charge in [0.1, 0.15) is 0 Å². The zero-order valence-electron chi connectivity index (χ0n) is 11.4. The number of aliphatic hydroxyl groups excluding tert-OH is 1. The van der Waals surface area contributed by atoms with E-state index in [1.54, 1.807) is 32.0 Å². The van der Waals surface area contributed by atoms with E-state index < -0.39 is 5.91 Å². The Morgan fingerprint density at radius 3 is 2.68 bits per heavy atom. The third-order valence-electron chi connectivity index (χ3n) is 2.44. The van der Waals surface area contributed by atoms with E-state index in [4.69, 9.17) is 12.6 Å². The van der Waals surface area contributed by atoms with Gasteiger partial charge >= 0.3 is 0 Å². The lowest BCUT2D eigenvalue weighted by atomic mass is 9.95. The lowest BCUT2D eigenvalue weighted by Crippen LogP contribution is -2.24. The predicted molar refractivity (Wildman–Crippen MR) is 75.7 cm³/mol. The van der Waals surface area contributed by atoms with Crippen molar-refractivity contribution in [2.45, 2.75) is 26.3 Å². The quantitative estimate of drug-likeness (QED) is 0.481. The molecule has 100 valence electrons. The van der Waals surface area contributed by atoms with Crippen molar-refractivity contribution in [3.05, 3.63) is 41.2 Å². The summed E-state index contributed by atoms with van der Waals surface area (Å²) in [5.41, 5.74) is 1.37. The van der Waals surface area contributed by atoms with Gasteiger partial charge in [-0.15, -0.1) is 0 Å². The van der Waals surface area contributed by atoms with Crippen LogP contribution in [0.4, 0.5) is 0 Å². The molecule has 1 aromatic rings. The number of carbonyl (C=O) groups is 1. The Kier molecular flexibility index (Phi) is 5.48. The Morgan fingerprint density at radius 1 is 1.47 bits per heavy atom. The second kappa shape index (κ2) is 6.88. The number of carbonyl (C=O) groups excluding carboxylic acids is 1. The van der Waals surface area contributed by atoms with Crippen LogP contribution in [0.1, 0.15) is 25.0 Å². The van der Waals surface area contributed by atoms with Crippen LogP contribution in [0.5, 0.6) is 0 Å². The second-order valence-electron chi connectivity index (χ2n) is 4.33. The van der Waals surface area contributed by atoms with Crippen molar-refractivity contribution in [3.8, 4) is 0 Å². The molecule has 1 rings (SSSR count). The summed E-state index contributed by atoms with van der Waals surface area (Å²) in [4.78, 5) is 11.7. The number of hydrogen-bond donors (Lipinski definition) is 2. The van der Waals surface area contributed by atoms with Crippen molar-refractivity contribution >= 4 is 19.5 Å². The molecule has 0 aliphatic heterocycles. The van der Waals surface area contributed by atoms with Crippen LogP contribution in [0.3, 0.4) is 0 Å². The molecule has 0 bridgehead atoms. The van der Waals surface area contributed by atoms with E-state index in [1.807, 2.05) is 6.07 Å². The van der Waals surface area contributed by atoms with Gasteiger partial charge in [0.2, 0.25) is 5.76 Å². The molecule has 1 aromatic carbocycles. The Labute approximate surface area is 114 Å². The first-order chi connectivity index (χ1) is 8.99. The molecule has 0 saturated heterocycles. The summed E-state index contributed by atoms with van der Waals surface area (Å²) in [7, 11) is 7.04. The van der Waals surface area contributed by atoms with E-state index in [0.717, 1.165) is 5.56 Å². The lowest BCUT2D eigenvalue weighted by molar-refractivity contribution is -0.121. The van der Waals surface area contributed by atoms with Crippen molar-refractivity contribution in [1.82, 2.24) is 5.32 Å². The van der Waals surface area contributed by atoms with Crippen LogP contribution in [-0.4, -0.2) is 32.0 Å². The van der Waals surface area contributed by atoms with Crippen molar-refractivity contribution in [2.75, 3.05) is 7.05 Å². The summed E-state index contributed by atoms with van der Waals surface area (Å²) in [6.07, 6.45) is 0.147. The molecule has 0 atom stereocenters. The van der Waals surface area contributed by atoms with Gasteiger partial charge in [-0.05, 0) is 19.9 Å². The van der Waals surface area contributed by atoms with E-state index in [-0.39, 0.29) is 17.6 Å². The largest absolute Gasteiger partial charge is 0.504 e. The van der Waals surface area contributed by atoms with E-state index >= 15 is 0 Å². The van der Waals surface area contributed by atoms with Gasteiger partial charge in [-0.1, -0.05) is 30.1 Å². The Morgan fingerprint density at radius 2 is 2.16 bits per heavy atom. The molecule has 2 N–H and O–H groups in total. The number of nitrogens with one attached hydrogen (secondary N) is 1. The van der Waals surface area contributed by atoms with Crippen LogP contribution < -0.4 is 5.32 Å². The minimum Gasteiger partial charge on any atom is -0.504 e. The summed E-state index contributed by atoms with van der Waals surface area (Å²) in [6.45, 7) is 3.57. The lowest BCUT2D eigenvalue weighted by Gasteiger charge is -2.14. The Hall–Kier alpha value is -1.91. The van der Waals surface area contributed by atoms with Gasteiger partial charge in [0, 0.05) is 12.6 Å². The zero-order chi connectivity index (χ0) is 14.4. The third-order valence-corrected chi connectivity index (χ3v) is 2.44.